The molecule has 2 unspecified atom stereocenters. The molecule has 0 saturated carbocycles. The fourth-order valence-electron chi connectivity index (χ4n) is 5.51. The molecule has 1 heterocycles. The van der Waals surface area contributed by atoms with E-state index in [1.807, 2.05) is 13.0 Å². The molecule has 0 aliphatic carbocycles. The minimum Gasteiger partial charge on any atom is -0.493 e. The molecule has 1 N–H and O–H groups in total. The molecule has 1 aromatic heterocycles. The molecule has 8 nitrogen and oxygen atoms in total. The normalized spacial score (nSPS) is 12.8. The third-order valence-electron chi connectivity index (χ3n) is 8.43. The second-order valence-electron chi connectivity index (χ2n) is 11.6. The molecule has 0 fully saturated rings. The standard InChI is InChI=1S/C35H53N5O3/c1-7-13-16-26(10-4)24-39(25-27(11-5)17-14-8-2)33(41)28-19-21-29(22-20-28)37-38-32-30(18-15-9-3)31(23-36)34(42)40(12-6)35(32)43/h19-22,26-27,42H,7-18,24-25H2,1-6H3. The molecule has 8 heteroatoms. The maximum Gasteiger partial charge on any atom is 0.281 e. The first-order valence-corrected chi connectivity index (χ1v) is 16.5. The highest BCUT2D eigenvalue weighted by Gasteiger charge is 2.23. The molecule has 1 amide bonds. The minimum absolute atomic E-state index is 0.0401. The lowest BCUT2D eigenvalue weighted by atomic mass is 9.95. The van der Waals surface area contributed by atoms with E-state index in [-0.39, 0.29) is 29.6 Å². The molecule has 2 aromatic rings. The zero-order valence-electron chi connectivity index (χ0n) is 27.4. The van der Waals surface area contributed by atoms with Crippen molar-refractivity contribution >= 4 is 17.3 Å². The quantitative estimate of drug-likeness (QED) is 0.164. The molecular weight excluding hydrogens is 538 g/mol. The molecule has 0 spiro atoms. The van der Waals surface area contributed by atoms with E-state index in [0.717, 1.165) is 69.0 Å². The molecule has 0 saturated heterocycles. The molecule has 0 radical (unpaired) electrons. The average molecular weight is 592 g/mol. The summed E-state index contributed by atoms with van der Waals surface area (Å²) in [5.41, 5.74) is 1.21. The van der Waals surface area contributed by atoms with Crippen LogP contribution in [-0.2, 0) is 13.0 Å². The number of hydrogen-bond acceptors (Lipinski definition) is 6. The number of aromatic hydroxyl groups is 1. The van der Waals surface area contributed by atoms with E-state index in [9.17, 15) is 20.0 Å². The van der Waals surface area contributed by atoms with E-state index < -0.39 is 5.56 Å². The van der Waals surface area contributed by atoms with Crippen LogP contribution in [0.4, 0.5) is 11.4 Å². The summed E-state index contributed by atoms with van der Waals surface area (Å²) in [5, 5.41) is 28.9. The molecule has 2 atom stereocenters. The number of unbranched alkanes of at least 4 members (excludes halogenated alkanes) is 3. The predicted octanol–water partition coefficient (Wildman–Crippen LogP) is 9.08. The van der Waals surface area contributed by atoms with Gasteiger partial charge in [0.1, 0.15) is 11.6 Å². The Morgan fingerprint density at radius 2 is 1.47 bits per heavy atom. The van der Waals surface area contributed by atoms with Gasteiger partial charge in [-0.3, -0.25) is 14.2 Å². The van der Waals surface area contributed by atoms with Crippen LogP contribution in [-0.4, -0.2) is 33.6 Å². The summed E-state index contributed by atoms with van der Waals surface area (Å²) in [6.45, 7) is 14.3. The Kier molecular flexibility index (Phi) is 15.7. The number of benzene rings is 1. The fourth-order valence-corrected chi connectivity index (χ4v) is 5.51. The molecule has 0 aliphatic heterocycles. The zero-order valence-corrected chi connectivity index (χ0v) is 27.4. The van der Waals surface area contributed by atoms with Gasteiger partial charge in [-0.15, -0.1) is 5.11 Å². The van der Waals surface area contributed by atoms with Crippen molar-refractivity contribution < 1.29 is 9.90 Å². The first-order valence-electron chi connectivity index (χ1n) is 16.5. The Balaban J connectivity index is 2.39. The van der Waals surface area contributed by atoms with Crippen LogP contribution in [0.5, 0.6) is 5.88 Å². The van der Waals surface area contributed by atoms with E-state index in [1.54, 1.807) is 31.2 Å². The van der Waals surface area contributed by atoms with Crippen LogP contribution in [0.25, 0.3) is 0 Å². The van der Waals surface area contributed by atoms with Crippen LogP contribution in [0, 0.1) is 23.2 Å². The highest BCUT2D eigenvalue weighted by atomic mass is 16.3. The summed E-state index contributed by atoms with van der Waals surface area (Å²) in [7, 11) is 0. The number of rotatable bonds is 19. The fraction of sp³-hybridized carbons (Fsp3) is 0.629. The SMILES string of the molecule is CCCCc1c(C#N)c(O)n(CC)c(=O)c1N=Nc1ccc(C(=O)N(CC(CC)CCCC)CC(CC)CCCC)cc1. The van der Waals surface area contributed by atoms with Gasteiger partial charge in [-0.25, -0.2) is 0 Å². The number of azo groups is 1. The molecule has 1 aromatic carbocycles. The van der Waals surface area contributed by atoms with Crippen molar-refractivity contribution in [2.45, 2.75) is 119 Å². The van der Waals surface area contributed by atoms with Crippen LogP contribution in [0.2, 0.25) is 0 Å². The summed E-state index contributed by atoms with van der Waals surface area (Å²) >= 11 is 0. The number of carbonyl (C=O) groups excluding carboxylic acids is 1. The number of pyridine rings is 1. The number of amides is 1. The topological polar surface area (TPSA) is 111 Å². The van der Waals surface area contributed by atoms with Gasteiger partial charge in [-0.2, -0.15) is 10.4 Å². The van der Waals surface area contributed by atoms with E-state index in [0.29, 0.717) is 35.1 Å². The van der Waals surface area contributed by atoms with Gasteiger partial charge in [-0.1, -0.05) is 79.6 Å². The van der Waals surface area contributed by atoms with Crippen LogP contribution in [0.1, 0.15) is 127 Å². The van der Waals surface area contributed by atoms with Crippen molar-refractivity contribution in [3.8, 4) is 11.9 Å². The van der Waals surface area contributed by atoms with Crippen molar-refractivity contribution in [3.63, 3.8) is 0 Å². The maximum atomic E-state index is 13.8. The van der Waals surface area contributed by atoms with Gasteiger partial charge in [0.25, 0.3) is 11.5 Å². The van der Waals surface area contributed by atoms with Gasteiger partial charge in [0.15, 0.2) is 5.69 Å². The third kappa shape index (κ3) is 10.0. The van der Waals surface area contributed by atoms with Gasteiger partial charge >= 0.3 is 0 Å². The smallest absolute Gasteiger partial charge is 0.281 e. The predicted molar refractivity (Wildman–Crippen MR) is 175 cm³/mol. The number of nitrogens with zero attached hydrogens (tertiary/aromatic N) is 5. The second-order valence-corrected chi connectivity index (χ2v) is 11.6. The first-order chi connectivity index (χ1) is 20.8. The van der Waals surface area contributed by atoms with E-state index in [4.69, 9.17) is 0 Å². The lowest BCUT2D eigenvalue weighted by molar-refractivity contribution is 0.0685. The molecular formula is C35H53N5O3. The second kappa shape index (κ2) is 18.9. The van der Waals surface area contributed by atoms with Crippen molar-refractivity contribution in [2.75, 3.05) is 13.1 Å². The third-order valence-corrected chi connectivity index (χ3v) is 8.43. The summed E-state index contributed by atoms with van der Waals surface area (Å²) in [4.78, 5) is 29.0. The van der Waals surface area contributed by atoms with Crippen LogP contribution < -0.4 is 5.56 Å². The number of carbonyl (C=O) groups is 1. The Morgan fingerprint density at radius 3 is 1.93 bits per heavy atom. The van der Waals surface area contributed by atoms with Crippen molar-refractivity contribution in [2.24, 2.45) is 22.1 Å². The summed E-state index contributed by atoms with van der Waals surface area (Å²) < 4.78 is 1.15. The number of hydrogen-bond donors (Lipinski definition) is 1. The van der Waals surface area contributed by atoms with Crippen molar-refractivity contribution in [1.82, 2.24) is 9.47 Å². The van der Waals surface area contributed by atoms with E-state index in [1.165, 1.54) is 12.8 Å². The summed E-state index contributed by atoms with van der Waals surface area (Å²) in [5.74, 6) is 0.683. The van der Waals surface area contributed by atoms with Crippen LogP contribution in [0.15, 0.2) is 39.3 Å². The van der Waals surface area contributed by atoms with E-state index in [2.05, 4.69) is 42.8 Å². The van der Waals surface area contributed by atoms with Gasteiger partial charge in [0.05, 0.1) is 5.69 Å². The Hall–Kier alpha value is -3.47. The Morgan fingerprint density at radius 1 is 0.907 bits per heavy atom. The van der Waals surface area contributed by atoms with E-state index >= 15 is 0 Å². The summed E-state index contributed by atoms with van der Waals surface area (Å²) in [6.07, 6.45) is 11.1. The van der Waals surface area contributed by atoms with Crippen molar-refractivity contribution in [1.29, 1.82) is 5.26 Å². The minimum atomic E-state index is -0.474. The van der Waals surface area contributed by atoms with Gasteiger partial charge in [-0.05, 0) is 68.7 Å². The largest absolute Gasteiger partial charge is 0.493 e. The monoisotopic (exact) mass is 591 g/mol. The van der Waals surface area contributed by atoms with Gasteiger partial charge in [0, 0.05) is 30.8 Å². The van der Waals surface area contributed by atoms with Gasteiger partial charge in [0.2, 0.25) is 5.88 Å². The molecule has 43 heavy (non-hydrogen) atoms. The molecule has 236 valence electrons. The van der Waals surface area contributed by atoms with Gasteiger partial charge < -0.3 is 10.0 Å². The van der Waals surface area contributed by atoms with Crippen LogP contribution in [0.3, 0.4) is 0 Å². The lowest BCUT2D eigenvalue weighted by Crippen LogP contribution is -2.39. The van der Waals surface area contributed by atoms with Crippen LogP contribution >= 0.6 is 0 Å². The van der Waals surface area contributed by atoms with Crippen molar-refractivity contribution in [3.05, 3.63) is 51.3 Å². The first kappa shape index (κ1) is 35.7. The Bertz CT molecular complexity index is 1260. The highest BCUT2D eigenvalue weighted by Crippen LogP contribution is 2.29. The maximum absolute atomic E-state index is 13.8. The lowest BCUT2D eigenvalue weighted by Gasteiger charge is -2.31. The molecule has 2 rings (SSSR count). The summed E-state index contributed by atoms with van der Waals surface area (Å²) in [6, 6.07) is 9.10. The number of nitriles is 1. The molecule has 0 aliphatic rings. The Labute approximate surface area is 258 Å². The molecule has 0 bridgehead atoms. The number of aromatic nitrogens is 1. The zero-order chi connectivity index (χ0) is 31.8. The average Bonchev–Trinajstić information content (AvgIpc) is 3.02. The highest BCUT2D eigenvalue weighted by molar-refractivity contribution is 5.94.